The minimum absolute atomic E-state index is 0.279. The first-order valence-corrected chi connectivity index (χ1v) is 13.7. The van der Waals surface area contributed by atoms with E-state index in [1.54, 1.807) is 0 Å². The zero-order chi connectivity index (χ0) is 21.5. The van der Waals surface area contributed by atoms with Crippen molar-refractivity contribution in [1.82, 2.24) is 15.1 Å². The van der Waals surface area contributed by atoms with E-state index in [-0.39, 0.29) is 6.09 Å². The molecule has 176 valence electrons. The van der Waals surface area contributed by atoms with Gasteiger partial charge < -0.3 is 10.1 Å². The van der Waals surface area contributed by atoms with Crippen molar-refractivity contribution >= 4 is 6.09 Å². The van der Waals surface area contributed by atoms with Crippen LogP contribution in [0.25, 0.3) is 0 Å². The lowest BCUT2D eigenvalue weighted by atomic mass is 9.49. The lowest BCUT2D eigenvalue weighted by molar-refractivity contribution is -0.0503. The van der Waals surface area contributed by atoms with Crippen LogP contribution < -0.4 is 10.1 Å². The molecule has 1 heterocycles. The molecular weight excluding hydrogens is 398 g/mol. The molecule has 5 saturated carbocycles. The molecule has 1 aromatic rings. The first-order chi connectivity index (χ1) is 15.7. The molecule has 7 rings (SSSR count). The van der Waals surface area contributed by atoms with Gasteiger partial charge in [-0.1, -0.05) is 32.1 Å². The van der Waals surface area contributed by atoms with Crippen molar-refractivity contribution < 1.29 is 9.53 Å². The van der Waals surface area contributed by atoms with Gasteiger partial charge in [0.15, 0.2) is 0 Å². The van der Waals surface area contributed by atoms with E-state index in [1.165, 1.54) is 108 Å². The highest BCUT2D eigenvalue weighted by Gasteiger charge is 2.50. The zero-order valence-corrected chi connectivity index (χ0v) is 19.7. The van der Waals surface area contributed by atoms with Gasteiger partial charge in [0.2, 0.25) is 5.88 Å². The maximum atomic E-state index is 12.9. The lowest BCUT2D eigenvalue weighted by Gasteiger charge is -2.56. The first-order valence-electron chi connectivity index (χ1n) is 13.7. The fraction of sp³-hybridized carbons (Fsp3) is 0.852. The van der Waals surface area contributed by atoms with Gasteiger partial charge >= 0.3 is 6.09 Å². The third-order valence-corrected chi connectivity index (χ3v) is 9.55. The van der Waals surface area contributed by atoms with Gasteiger partial charge in [-0.3, -0.25) is 4.68 Å². The molecule has 1 aromatic heterocycles. The maximum Gasteiger partial charge on any atom is 0.414 e. The summed E-state index contributed by atoms with van der Waals surface area (Å²) in [6.07, 6.45) is 21.4. The molecule has 0 radical (unpaired) electrons. The highest BCUT2D eigenvalue weighted by atomic mass is 16.6. The fourth-order valence-corrected chi connectivity index (χ4v) is 8.54. The molecule has 1 N–H and O–H groups in total. The van der Waals surface area contributed by atoms with Crippen molar-refractivity contribution in [2.24, 2.45) is 23.2 Å². The molecule has 0 saturated heterocycles. The average Bonchev–Trinajstić information content (AvgIpc) is 3.08. The molecule has 6 aliphatic rings. The Balaban J connectivity index is 1.16. The number of hydrogen-bond acceptors (Lipinski definition) is 3. The first kappa shape index (κ1) is 21.0. The molecule has 0 aliphatic heterocycles. The summed E-state index contributed by atoms with van der Waals surface area (Å²) in [5.74, 6) is 3.33. The largest absolute Gasteiger partial charge is 0.414 e. The summed E-state index contributed by atoms with van der Waals surface area (Å²) in [5.41, 5.74) is 2.92. The van der Waals surface area contributed by atoms with Crippen LogP contribution in [0.15, 0.2) is 0 Å². The molecule has 0 unspecified atom stereocenters. The van der Waals surface area contributed by atoms with Gasteiger partial charge in [0, 0.05) is 17.8 Å². The summed E-state index contributed by atoms with van der Waals surface area (Å²) in [4.78, 5) is 12.9. The minimum Gasteiger partial charge on any atom is -0.389 e. The summed E-state index contributed by atoms with van der Waals surface area (Å²) in [6.45, 7) is 0.793. The molecule has 32 heavy (non-hydrogen) atoms. The smallest absolute Gasteiger partial charge is 0.389 e. The number of ether oxygens (including phenoxy) is 1. The third kappa shape index (κ3) is 4.09. The Kier molecular flexibility index (Phi) is 5.71. The second-order valence-electron chi connectivity index (χ2n) is 12.0. The van der Waals surface area contributed by atoms with Crippen molar-refractivity contribution in [3.63, 3.8) is 0 Å². The van der Waals surface area contributed by atoms with E-state index >= 15 is 0 Å². The van der Waals surface area contributed by atoms with E-state index < -0.39 is 0 Å². The average molecular weight is 440 g/mol. The van der Waals surface area contributed by atoms with Crippen LogP contribution in [0.1, 0.15) is 114 Å². The van der Waals surface area contributed by atoms with Gasteiger partial charge in [-0.25, -0.2) is 4.79 Å². The van der Waals surface area contributed by atoms with E-state index in [0.29, 0.717) is 17.3 Å². The summed E-state index contributed by atoms with van der Waals surface area (Å²) in [5, 5.41) is 8.15. The van der Waals surface area contributed by atoms with Gasteiger partial charge in [0.25, 0.3) is 0 Å². The highest BCUT2D eigenvalue weighted by molar-refractivity contribution is 5.70. The number of carbonyl (C=O) groups excluding carboxylic acids is 1. The van der Waals surface area contributed by atoms with Crippen molar-refractivity contribution in [1.29, 1.82) is 0 Å². The molecule has 4 bridgehead atoms. The third-order valence-electron chi connectivity index (χ3n) is 9.55. The molecule has 0 spiro atoms. The maximum absolute atomic E-state index is 12.9. The standard InChI is InChI=1S/C27H41N3O2/c31-26(28-18-27-15-19-12-20(16-27)14-21(13-19)17-27)32-25-23-10-6-1-2-7-11-24(23)30(29-25)22-8-4-3-5-9-22/h19-22H,1-18H2,(H,28,31). The molecule has 5 fully saturated rings. The van der Waals surface area contributed by atoms with Crippen LogP contribution in [0.5, 0.6) is 5.88 Å². The normalized spacial score (nSPS) is 34.6. The molecule has 0 atom stereocenters. The number of hydrogen-bond donors (Lipinski definition) is 1. The van der Waals surface area contributed by atoms with Gasteiger partial charge in [-0.05, 0) is 100 Å². The van der Waals surface area contributed by atoms with Crippen LogP contribution in [0, 0.1) is 23.2 Å². The van der Waals surface area contributed by atoms with Crippen molar-refractivity contribution in [3.8, 4) is 5.88 Å². The Bertz CT molecular complexity index is 803. The predicted octanol–water partition coefficient (Wildman–Crippen LogP) is 6.35. The Morgan fingerprint density at radius 1 is 0.906 bits per heavy atom. The van der Waals surface area contributed by atoms with Crippen LogP contribution in [0.3, 0.4) is 0 Å². The number of amides is 1. The van der Waals surface area contributed by atoms with Crippen LogP contribution in [0.2, 0.25) is 0 Å². The number of aromatic nitrogens is 2. The molecule has 5 heteroatoms. The van der Waals surface area contributed by atoms with E-state index in [9.17, 15) is 4.79 Å². The Hall–Kier alpha value is -1.52. The monoisotopic (exact) mass is 439 g/mol. The van der Waals surface area contributed by atoms with Crippen molar-refractivity contribution in [2.45, 2.75) is 115 Å². The molecule has 5 nitrogen and oxygen atoms in total. The number of fused-ring (bicyclic) bond motifs is 1. The predicted molar refractivity (Wildman–Crippen MR) is 125 cm³/mol. The second-order valence-corrected chi connectivity index (χ2v) is 12.0. The summed E-state index contributed by atoms with van der Waals surface area (Å²) in [6, 6.07) is 0.490. The molecule has 6 aliphatic carbocycles. The van der Waals surface area contributed by atoms with Crippen LogP contribution in [0.4, 0.5) is 4.79 Å². The van der Waals surface area contributed by atoms with Gasteiger partial charge in [0.05, 0.1) is 6.04 Å². The summed E-state index contributed by atoms with van der Waals surface area (Å²) in [7, 11) is 0. The number of nitrogens with zero attached hydrogens (tertiary/aromatic N) is 2. The fourth-order valence-electron chi connectivity index (χ4n) is 8.54. The number of nitrogens with one attached hydrogen (secondary N) is 1. The van der Waals surface area contributed by atoms with E-state index in [4.69, 9.17) is 9.84 Å². The minimum atomic E-state index is -0.279. The molecular formula is C27H41N3O2. The second kappa shape index (κ2) is 8.68. The van der Waals surface area contributed by atoms with E-state index in [2.05, 4.69) is 10.00 Å². The number of carbonyl (C=O) groups is 1. The van der Waals surface area contributed by atoms with Crippen LogP contribution in [-0.4, -0.2) is 22.4 Å². The Morgan fingerprint density at radius 3 is 2.22 bits per heavy atom. The molecule has 1 amide bonds. The van der Waals surface area contributed by atoms with Gasteiger partial charge in [0.1, 0.15) is 0 Å². The highest BCUT2D eigenvalue weighted by Crippen LogP contribution is 2.59. The van der Waals surface area contributed by atoms with Crippen molar-refractivity contribution in [3.05, 3.63) is 11.3 Å². The van der Waals surface area contributed by atoms with Gasteiger partial charge in [-0.15, -0.1) is 5.10 Å². The van der Waals surface area contributed by atoms with Crippen LogP contribution >= 0.6 is 0 Å². The summed E-state index contributed by atoms with van der Waals surface area (Å²) < 4.78 is 8.24. The quantitative estimate of drug-likeness (QED) is 0.594. The van der Waals surface area contributed by atoms with E-state index in [1.807, 2.05) is 0 Å². The Morgan fingerprint density at radius 2 is 1.53 bits per heavy atom. The zero-order valence-electron chi connectivity index (χ0n) is 19.7. The topological polar surface area (TPSA) is 56.1 Å². The summed E-state index contributed by atoms with van der Waals surface area (Å²) >= 11 is 0. The lowest BCUT2D eigenvalue weighted by Crippen LogP contribution is -2.51. The van der Waals surface area contributed by atoms with Crippen molar-refractivity contribution in [2.75, 3.05) is 6.54 Å². The van der Waals surface area contributed by atoms with E-state index in [0.717, 1.165) is 37.1 Å². The molecule has 0 aromatic carbocycles. The SMILES string of the molecule is O=C(NCC12CC3CC(CC(C3)C1)C2)Oc1nn(C2CCCCC2)c2c1CCCCCC2. The number of rotatable bonds is 4. The van der Waals surface area contributed by atoms with Gasteiger partial charge in [-0.2, -0.15) is 0 Å². The Labute approximate surface area is 193 Å². The van der Waals surface area contributed by atoms with Crippen LogP contribution in [-0.2, 0) is 12.8 Å².